The van der Waals surface area contributed by atoms with Crippen LogP contribution in [0.1, 0.15) is 16.2 Å². The van der Waals surface area contributed by atoms with Crippen molar-refractivity contribution in [1.29, 1.82) is 0 Å². The molecule has 0 aromatic carbocycles. The van der Waals surface area contributed by atoms with Gasteiger partial charge in [-0.15, -0.1) is 0 Å². The fourth-order valence-electron chi connectivity index (χ4n) is 2.58. The van der Waals surface area contributed by atoms with Crippen LogP contribution in [0.3, 0.4) is 0 Å². The van der Waals surface area contributed by atoms with Crippen LogP contribution in [0.4, 0.5) is 0 Å². The summed E-state index contributed by atoms with van der Waals surface area (Å²) in [4.78, 5) is 31.2. The summed E-state index contributed by atoms with van der Waals surface area (Å²) in [6.07, 6.45) is 2.58. The van der Waals surface area contributed by atoms with Crippen molar-refractivity contribution >= 4 is 29.6 Å². The molecule has 1 saturated heterocycles. The number of carbonyl (C=O) groups is 2. The highest BCUT2D eigenvalue weighted by molar-refractivity contribution is 6.30. The van der Waals surface area contributed by atoms with Crippen LogP contribution < -0.4 is 0 Å². The standard InChI is InChI=1S/C14H15ClN4O2/c1-10-13(19-3-2-11(15)8-12(19)16-10)14(21)18-6-4-17(9-20)5-7-18/h2-3,8-9H,4-7H2,1H3. The van der Waals surface area contributed by atoms with Crippen LogP contribution in [0.2, 0.25) is 5.02 Å². The molecule has 0 bridgehead atoms. The van der Waals surface area contributed by atoms with Crippen LogP contribution in [0.25, 0.3) is 5.65 Å². The Kier molecular flexibility index (Phi) is 3.55. The molecular weight excluding hydrogens is 292 g/mol. The minimum atomic E-state index is -0.0622. The summed E-state index contributed by atoms with van der Waals surface area (Å²) in [5.41, 5.74) is 1.90. The molecule has 0 unspecified atom stereocenters. The maximum atomic E-state index is 12.7. The quantitative estimate of drug-likeness (QED) is 0.784. The molecule has 2 amide bonds. The van der Waals surface area contributed by atoms with Gasteiger partial charge in [0.15, 0.2) is 0 Å². The normalized spacial score (nSPS) is 15.5. The molecule has 2 aromatic rings. The van der Waals surface area contributed by atoms with Gasteiger partial charge in [0.05, 0.1) is 5.69 Å². The fraction of sp³-hybridized carbons (Fsp3) is 0.357. The van der Waals surface area contributed by atoms with Crippen LogP contribution in [0.5, 0.6) is 0 Å². The summed E-state index contributed by atoms with van der Waals surface area (Å²) in [5.74, 6) is -0.0622. The van der Waals surface area contributed by atoms with Gasteiger partial charge in [0.2, 0.25) is 6.41 Å². The first-order chi connectivity index (χ1) is 10.1. The predicted molar refractivity (Wildman–Crippen MR) is 78.5 cm³/mol. The molecule has 7 heteroatoms. The average molecular weight is 307 g/mol. The predicted octanol–water partition coefficient (Wildman–Crippen LogP) is 1.21. The highest BCUT2D eigenvalue weighted by Gasteiger charge is 2.25. The number of pyridine rings is 1. The zero-order valence-corrected chi connectivity index (χ0v) is 12.4. The van der Waals surface area contributed by atoms with Gasteiger partial charge in [-0.1, -0.05) is 11.6 Å². The maximum absolute atomic E-state index is 12.7. The molecule has 0 saturated carbocycles. The molecule has 0 N–H and O–H groups in total. The number of imidazole rings is 1. The van der Waals surface area contributed by atoms with Gasteiger partial charge in [-0.2, -0.15) is 0 Å². The van der Waals surface area contributed by atoms with E-state index < -0.39 is 0 Å². The third-order valence-corrected chi connectivity index (χ3v) is 3.95. The minimum absolute atomic E-state index is 0.0622. The summed E-state index contributed by atoms with van der Waals surface area (Å²) >= 11 is 5.95. The van der Waals surface area contributed by atoms with Gasteiger partial charge in [-0.3, -0.25) is 14.0 Å². The lowest BCUT2D eigenvalue weighted by Gasteiger charge is -2.32. The van der Waals surface area contributed by atoms with E-state index in [2.05, 4.69) is 4.98 Å². The van der Waals surface area contributed by atoms with E-state index >= 15 is 0 Å². The van der Waals surface area contributed by atoms with E-state index in [1.54, 1.807) is 32.5 Å². The number of hydrogen-bond donors (Lipinski definition) is 0. The Hall–Kier alpha value is -2.08. The van der Waals surface area contributed by atoms with E-state index in [0.717, 1.165) is 6.41 Å². The monoisotopic (exact) mass is 306 g/mol. The molecule has 110 valence electrons. The van der Waals surface area contributed by atoms with Gasteiger partial charge in [0.25, 0.3) is 5.91 Å². The van der Waals surface area contributed by atoms with Gasteiger partial charge in [0, 0.05) is 43.5 Å². The molecule has 1 fully saturated rings. The largest absolute Gasteiger partial charge is 0.342 e. The van der Waals surface area contributed by atoms with E-state index in [9.17, 15) is 9.59 Å². The highest BCUT2D eigenvalue weighted by Crippen LogP contribution is 2.18. The van der Waals surface area contributed by atoms with Crippen molar-refractivity contribution in [3.63, 3.8) is 0 Å². The molecule has 3 heterocycles. The Balaban J connectivity index is 1.91. The van der Waals surface area contributed by atoms with Crippen molar-refractivity contribution in [2.24, 2.45) is 0 Å². The molecule has 2 aromatic heterocycles. The third kappa shape index (κ3) is 2.47. The first kappa shape index (κ1) is 13.9. The number of halogens is 1. The summed E-state index contributed by atoms with van der Waals surface area (Å²) in [6, 6.07) is 3.46. The lowest BCUT2D eigenvalue weighted by molar-refractivity contribution is -0.119. The second-order valence-corrected chi connectivity index (χ2v) is 5.49. The van der Waals surface area contributed by atoms with Gasteiger partial charge >= 0.3 is 0 Å². The molecule has 0 radical (unpaired) electrons. The number of nitrogens with zero attached hydrogens (tertiary/aromatic N) is 4. The van der Waals surface area contributed by atoms with Gasteiger partial charge in [0.1, 0.15) is 11.3 Å². The topological polar surface area (TPSA) is 57.9 Å². The second kappa shape index (κ2) is 5.37. The number of hydrogen-bond acceptors (Lipinski definition) is 3. The van der Waals surface area contributed by atoms with Gasteiger partial charge < -0.3 is 9.80 Å². The van der Waals surface area contributed by atoms with Crippen molar-refractivity contribution in [3.05, 3.63) is 34.7 Å². The number of rotatable bonds is 2. The van der Waals surface area contributed by atoms with Crippen molar-refractivity contribution < 1.29 is 9.59 Å². The molecular formula is C14H15ClN4O2. The molecule has 0 aliphatic carbocycles. The summed E-state index contributed by atoms with van der Waals surface area (Å²) < 4.78 is 1.76. The number of amides is 2. The van der Waals surface area contributed by atoms with E-state index in [1.807, 2.05) is 6.92 Å². The smallest absolute Gasteiger partial charge is 0.272 e. The molecule has 3 rings (SSSR count). The Morgan fingerprint density at radius 3 is 2.71 bits per heavy atom. The lowest BCUT2D eigenvalue weighted by atomic mass is 10.2. The average Bonchev–Trinajstić information content (AvgIpc) is 2.81. The minimum Gasteiger partial charge on any atom is -0.342 e. The van der Waals surface area contributed by atoms with Crippen LogP contribution in [0, 0.1) is 6.92 Å². The Morgan fingerprint density at radius 1 is 1.33 bits per heavy atom. The van der Waals surface area contributed by atoms with Crippen molar-refractivity contribution in [2.75, 3.05) is 26.2 Å². The van der Waals surface area contributed by atoms with E-state index in [1.165, 1.54) is 0 Å². The van der Waals surface area contributed by atoms with E-state index in [4.69, 9.17) is 11.6 Å². The van der Waals surface area contributed by atoms with Crippen LogP contribution in [0.15, 0.2) is 18.3 Å². The van der Waals surface area contributed by atoms with Crippen molar-refractivity contribution in [3.8, 4) is 0 Å². The second-order valence-electron chi connectivity index (χ2n) is 5.05. The number of aryl methyl sites for hydroxylation is 1. The van der Waals surface area contributed by atoms with Crippen LogP contribution >= 0.6 is 11.6 Å². The van der Waals surface area contributed by atoms with Crippen molar-refractivity contribution in [1.82, 2.24) is 19.2 Å². The van der Waals surface area contributed by atoms with Crippen molar-refractivity contribution in [2.45, 2.75) is 6.92 Å². The SMILES string of the molecule is Cc1nc2cc(Cl)ccn2c1C(=O)N1CCN(C=O)CC1. The van der Waals surface area contributed by atoms with Crippen LogP contribution in [-0.2, 0) is 4.79 Å². The fourth-order valence-corrected chi connectivity index (χ4v) is 2.73. The van der Waals surface area contributed by atoms with E-state index in [-0.39, 0.29) is 5.91 Å². The summed E-state index contributed by atoms with van der Waals surface area (Å²) in [5, 5.41) is 0.589. The van der Waals surface area contributed by atoms with Gasteiger partial charge in [-0.05, 0) is 13.0 Å². The highest BCUT2D eigenvalue weighted by atomic mass is 35.5. The summed E-state index contributed by atoms with van der Waals surface area (Å²) in [7, 11) is 0. The molecule has 0 spiro atoms. The zero-order chi connectivity index (χ0) is 15.0. The zero-order valence-electron chi connectivity index (χ0n) is 11.6. The van der Waals surface area contributed by atoms with Crippen LogP contribution in [-0.4, -0.2) is 57.7 Å². The first-order valence-corrected chi connectivity index (χ1v) is 7.11. The Labute approximate surface area is 126 Å². The molecule has 1 aliphatic heterocycles. The molecule has 1 aliphatic rings. The first-order valence-electron chi connectivity index (χ1n) is 6.73. The van der Waals surface area contributed by atoms with E-state index in [0.29, 0.717) is 48.2 Å². The number of carbonyl (C=O) groups excluding carboxylic acids is 2. The number of fused-ring (bicyclic) bond motifs is 1. The molecule has 21 heavy (non-hydrogen) atoms. The maximum Gasteiger partial charge on any atom is 0.272 e. The summed E-state index contributed by atoms with van der Waals surface area (Å²) in [6.45, 7) is 4.03. The lowest BCUT2D eigenvalue weighted by Crippen LogP contribution is -2.48. The Bertz CT molecular complexity index is 704. The molecule has 6 nitrogen and oxygen atoms in total. The number of piperazine rings is 1. The molecule has 0 atom stereocenters. The number of aromatic nitrogens is 2. The van der Waals surface area contributed by atoms with Gasteiger partial charge in [-0.25, -0.2) is 4.98 Å². The third-order valence-electron chi connectivity index (χ3n) is 3.72. The Morgan fingerprint density at radius 2 is 2.05 bits per heavy atom.